The third-order valence-corrected chi connectivity index (χ3v) is 5.15. The van der Waals surface area contributed by atoms with Crippen LogP contribution in [-0.4, -0.2) is 30.7 Å². The van der Waals surface area contributed by atoms with Crippen molar-refractivity contribution in [2.24, 2.45) is 5.73 Å². The first kappa shape index (κ1) is 15.3. The molecule has 5 nitrogen and oxygen atoms in total. The predicted molar refractivity (Wildman–Crippen MR) is 73.1 cm³/mol. The van der Waals surface area contributed by atoms with Gasteiger partial charge in [0, 0.05) is 35.4 Å². The minimum atomic E-state index is -3.54. The molecule has 0 fully saturated rings. The normalized spacial score (nSPS) is 13.4. The first-order valence-corrected chi connectivity index (χ1v) is 8.60. The van der Waals surface area contributed by atoms with Crippen LogP contribution >= 0.6 is 0 Å². The SMILES string of the molecule is CCS(=O)CCNS(=O)(=O)c1cccc(CN)c1. The van der Waals surface area contributed by atoms with E-state index in [0.29, 0.717) is 18.1 Å². The van der Waals surface area contributed by atoms with Gasteiger partial charge in [0.1, 0.15) is 0 Å². The summed E-state index contributed by atoms with van der Waals surface area (Å²) < 4.78 is 37.5. The summed E-state index contributed by atoms with van der Waals surface area (Å²) in [6.07, 6.45) is 0. The van der Waals surface area contributed by atoms with Crippen molar-refractivity contribution in [3.8, 4) is 0 Å². The first-order valence-electron chi connectivity index (χ1n) is 5.63. The highest BCUT2D eigenvalue weighted by Gasteiger charge is 2.13. The number of nitrogens with two attached hydrogens (primary N) is 1. The van der Waals surface area contributed by atoms with Crippen molar-refractivity contribution in [1.29, 1.82) is 0 Å². The van der Waals surface area contributed by atoms with Crippen LogP contribution in [0.1, 0.15) is 12.5 Å². The van der Waals surface area contributed by atoms with Gasteiger partial charge < -0.3 is 5.73 Å². The molecule has 7 heteroatoms. The van der Waals surface area contributed by atoms with Crippen LogP contribution < -0.4 is 10.5 Å². The maximum Gasteiger partial charge on any atom is 0.240 e. The van der Waals surface area contributed by atoms with E-state index < -0.39 is 20.8 Å². The Labute approximate surface area is 110 Å². The zero-order chi connectivity index (χ0) is 13.6. The average Bonchev–Trinajstić information content (AvgIpc) is 2.38. The Kier molecular flexibility index (Phi) is 5.94. The molecule has 0 aliphatic carbocycles. The van der Waals surface area contributed by atoms with Crippen LogP contribution in [0.5, 0.6) is 0 Å². The lowest BCUT2D eigenvalue weighted by Crippen LogP contribution is -2.28. The quantitative estimate of drug-likeness (QED) is 0.750. The molecule has 1 rings (SSSR count). The Morgan fingerprint density at radius 2 is 2.11 bits per heavy atom. The van der Waals surface area contributed by atoms with Crippen molar-refractivity contribution < 1.29 is 12.6 Å². The van der Waals surface area contributed by atoms with Crippen LogP contribution in [-0.2, 0) is 27.4 Å². The molecular weight excluding hydrogens is 272 g/mol. The molecule has 0 spiro atoms. The molecule has 0 heterocycles. The Morgan fingerprint density at radius 1 is 1.39 bits per heavy atom. The van der Waals surface area contributed by atoms with Gasteiger partial charge >= 0.3 is 0 Å². The fourth-order valence-electron chi connectivity index (χ4n) is 1.36. The average molecular weight is 290 g/mol. The second kappa shape index (κ2) is 6.98. The lowest BCUT2D eigenvalue weighted by atomic mass is 10.2. The maximum atomic E-state index is 11.9. The molecule has 1 atom stereocenters. The van der Waals surface area contributed by atoms with Gasteiger partial charge in [0.25, 0.3) is 0 Å². The summed E-state index contributed by atoms with van der Waals surface area (Å²) in [5.74, 6) is 0.858. The van der Waals surface area contributed by atoms with Gasteiger partial charge in [-0.1, -0.05) is 19.1 Å². The van der Waals surface area contributed by atoms with Crippen LogP contribution in [0.3, 0.4) is 0 Å². The van der Waals surface area contributed by atoms with E-state index >= 15 is 0 Å². The lowest BCUT2D eigenvalue weighted by Gasteiger charge is -2.07. The molecule has 0 aromatic heterocycles. The molecule has 0 radical (unpaired) electrons. The van der Waals surface area contributed by atoms with Crippen molar-refractivity contribution in [2.75, 3.05) is 18.1 Å². The zero-order valence-electron chi connectivity index (χ0n) is 10.3. The number of hydrogen-bond donors (Lipinski definition) is 2. The van der Waals surface area contributed by atoms with Gasteiger partial charge in [-0.3, -0.25) is 4.21 Å². The van der Waals surface area contributed by atoms with Gasteiger partial charge in [-0.25, -0.2) is 13.1 Å². The van der Waals surface area contributed by atoms with Gasteiger partial charge in [-0.15, -0.1) is 0 Å². The third-order valence-electron chi connectivity index (χ3n) is 2.39. The van der Waals surface area contributed by atoms with E-state index in [-0.39, 0.29) is 11.4 Å². The first-order chi connectivity index (χ1) is 8.49. The van der Waals surface area contributed by atoms with Crippen molar-refractivity contribution in [2.45, 2.75) is 18.4 Å². The summed E-state index contributed by atoms with van der Waals surface area (Å²) in [6, 6.07) is 6.48. The van der Waals surface area contributed by atoms with Crippen LogP contribution in [0, 0.1) is 0 Å². The van der Waals surface area contributed by atoms with E-state index in [4.69, 9.17) is 5.73 Å². The van der Waals surface area contributed by atoms with E-state index in [1.807, 2.05) is 0 Å². The molecule has 0 saturated heterocycles. The Bertz CT molecular complexity index is 515. The number of rotatable bonds is 7. The minimum absolute atomic E-state index is 0.176. The highest BCUT2D eigenvalue weighted by atomic mass is 32.2. The van der Waals surface area contributed by atoms with E-state index in [9.17, 15) is 12.6 Å². The van der Waals surface area contributed by atoms with Gasteiger partial charge in [-0.05, 0) is 17.7 Å². The van der Waals surface area contributed by atoms with Crippen LogP contribution in [0.25, 0.3) is 0 Å². The molecule has 1 unspecified atom stereocenters. The van der Waals surface area contributed by atoms with Gasteiger partial charge in [0.15, 0.2) is 0 Å². The number of hydrogen-bond acceptors (Lipinski definition) is 4. The smallest absolute Gasteiger partial charge is 0.240 e. The molecule has 0 amide bonds. The fourth-order valence-corrected chi connectivity index (χ4v) is 3.21. The highest BCUT2D eigenvalue weighted by Crippen LogP contribution is 2.10. The van der Waals surface area contributed by atoms with Crippen molar-refractivity contribution in [3.63, 3.8) is 0 Å². The summed E-state index contributed by atoms with van der Waals surface area (Å²) in [7, 11) is -4.51. The largest absolute Gasteiger partial charge is 0.326 e. The van der Waals surface area contributed by atoms with Gasteiger partial charge in [-0.2, -0.15) is 0 Å². The Morgan fingerprint density at radius 3 is 2.72 bits per heavy atom. The lowest BCUT2D eigenvalue weighted by molar-refractivity contribution is 0.584. The monoisotopic (exact) mass is 290 g/mol. The predicted octanol–water partition coefficient (Wildman–Crippen LogP) is 0.192. The van der Waals surface area contributed by atoms with Crippen molar-refractivity contribution in [1.82, 2.24) is 4.72 Å². The third kappa shape index (κ3) is 4.49. The van der Waals surface area contributed by atoms with E-state index in [2.05, 4.69) is 4.72 Å². The second-order valence-corrected chi connectivity index (χ2v) is 7.31. The van der Waals surface area contributed by atoms with Gasteiger partial charge in [0.05, 0.1) is 4.90 Å². The summed E-state index contributed by atoms with van der Waals surface area (Å²) in [6.45, 7) is 2.27. The molecule has 0 aliphatic rings. The fraction of sp³-hybridized carbons (Fsp3) is 0.455. The number of benzene rings is 1. The maximum absolute atomic E-state index is 11.9. The molecule has 1 aromatic carbocycles. The molecule has 3 N–H and O–H groups in total. The van der Waals surface area contributed by atoms with E-state index in [0.717, 1.165) is 5.56 Å². The van der Waals surface area contributed by atoms with E-state index in [1.165, 1.54) is 6.07 Å². The molecule has 102 valence electrons. The van der Waals surface area contributed by atoms with Crippen molar-refractivity contribution in [3.05, 3.63) is 29.8 Å². The van der Waals surface area contributed by atoms with Crippen LogP contribution in [0.15, 0.2) is 29.2 Å². The zero-order valence-corrected chi connectivity index (χ0v) is 11.9. The van der Waals surface area contributed by atoms with Crippen LogP contribution in [0.2, 0.25) is 0 Å². The summed E-state index contributed by atoms with van der Waals surface area (Å²) in [4.78, 5) is 0.188. The molecule has 18 heavy (non-hydrogen) atoms. The molecule has 1 aromatic rings. The molecule has 0 saturated carbocycles. The standard InChI is InChI=1S/C11H18N2O3S2/c1-2-17(14)7-6-13-18(15,16)11-5-3-4-10(8-11)9-12/h3-5,8,13H,2,6-7,9,12H2,1H3. The summed E-state index contributed by atoms with van der Waals surface area (Å²) >= 11 is 0. The Balaban J connectivity index is 2.71. The number of sulfonamides is 1. The molecule has 0 bridgehead atoms. The highest BCUT2D eigenvalue weighted by molar-refractivity contribution is 7.89. The minimum Gasteiger partial charge on any atom is -0.326 e. The second-order valence-electron chi connectivity index (χ2n) is 3.68. The molecular formula is C11H18N2O3S2. The van der Waals surface area contributed by atoms with Crippen LogP contribution in [0.4, 0.5) is 0 Å². The topological polar surface area (TPSA) is 89.3 Å². The Hall–Kier alpha value is -0.760. The molecule has 0 aliphatic heterocycles. The van der Waals surface area contributed by atoms with Crippen molar-refractivity contribution >= 4 is 20.8 Å². The summed E-state index contributed by atoms with van der Waals surface area (Å²) in [5.41, 5.74) is 6.22. The van der Waals surface area contributed by atoms with Gasteiger partial charge in [0.2, 0.25) is 10.0 Å². The number of nitrogens with one attached hydrogen (secondary N) is 1. The summed E-state index contributed by atoms with van der Waals surface area (Å²) in [5, 5.41) is 0. The van der Waals surface area contributed by atoms with E-state index in [1.54, 1.807) is 25.1 Å².